The molecule has 1 aromatic rings. The normalized spacial score (nSPS) is 28.6. The molecule has 3 fully saturated rings. The Morgan fingerprint density at radius 3 is 2.00 bits per heavy atom. The van der Waals surface area contributed by atoms with Crippen molar-refractivity contribution in [2.75, 3.05) is 0 Å². The maximum absolute atomic E-state index is 13.0. The summed E-state index contributed by atoms with van der Waals surface area (Å²) >= 11 is 0. The third kappa shape index (κ3) is 13.4. The number of benzene rings is 1. The summed E-state index contributed by atoms with van der Waals surface area (Å²) < 4.78 is 11.7. The summed E-state index contributed by atoms with van der Waals surface area (Å²) in [6, 6.07) is 7.41. The molecule has 0 heterocycles. The molecule has 0 aromatic heterocycles. The van der Waals surface area contributed by atoms with E-state index in [0.29, 0.717) is 35.3 Å². The fraction of sp³-hybridized carbons (Fsp3) is 0.750. The number of allylic oxidation sites excluding steroid dienone is 3. The Morgan fingerprint density at radius 1 is 0.750 bits per heavy atom. The van der Waals surface area contributed by atoms with Gasteiger partial charge in [0.2, 0.25) is 0 Å². The lowest BCUT2D eigenvalue weighted by atomic mass is 9.47. The highest BCUT2D eigenvalue weighted by molar-refractivity contribution is 5.87. The number of carbonyl (C=O) groups is 2. The lowest BCUT2D eigenvalue weighted by Gasteiger charge is -2.58. The topological polar surface area (TPSA) is 52.6 Å². The molecule has 4 aliphatic carbocycles. The highest BCUT2D eigenvalue weighted by Gasteiger charge is 2.59. The number of ether oxygens (including phenoxy) is 2. The van der Waals surface area contributed by atoms with Crippen molar-refractivity contribution >= 4 is 18.0 Å². The lowest BCUT2D eigenvalue weighted by Crippen LogP contribution is -2.51. The quantitative estimate of drug-likeness (QED) is 0.0324. The van der Waals surface area contributed by atoms with E-state index in [0.717, 1.165) is 61.3 Å². The zero-order valence-corrected chi connectivity index (χ0v) is 39.6. The van der Waals surface area contributed by atoms with Gasteiger partial charge in [-0.3, -0.25) is 4.79 Å². The summed E-state index contributed by atoms with van der Waals surface area (Å²) in [7, 11) is 0. The molecule has 9 atom stereocenters. The van der Waals surface area contributed by atoms with E-state index in [1.54, 1.807) is 17.7 Å². The Morgan fingerprint density at radius 2 is 1.38 bits per heavy atom. The van der Waals surface area contributed by atoms with Crippen LogP contribution in [0.15, 0.2) is 54.1 Å². The van der Waals surface area contributed by atoms with Crippen LogP contribution < -0.4 is 4.74 Å². The van der Waals surface area contributed by atoms with Gasteiger partial charge in [0, 0.05) is 18.9 Å². The van der Waals surface area contributed by atoms with Gasteiger partial charge in [-0.05, 0) is 134 Å². The van der Waals surface area contributed by atoms with Crippen LogP contribution >= 0.6 is 0 Å². The van der Waals surface area contributed by atoms with E-state index in [1.165, 1.54) is 122 Å². The third-order valence-electron chi connectivity index (χ3n) is 16.5. The number of fused-ring (bicyclic) bond motifs is 5. The molecule has 336 valence electrons. The molecule has 3 saturated carbocycles. The summed E-state index contributed by atoms with van der Waals surface area (Å²) in [5, 5.41) is 0. The van der Waals surface area contributed by atoms with Crippen LogP contribution in [0.3, 0.4) is 0 Å². The van der Waals surface area contributed by atoms with Crippen LogP contribution in [-0.4, -0.2) is 18.0 Å². The molecular weight excluding hydrogens is 737 g/mol. The van der Waals surface area contributed by atoms with Gasteiger partial charge in [-0.1, -0.05) is 174 Å². The second-order valence-corrected chi connectivity index (χ2v) is 20.9. The maximum atomic E-state index is 13.0. The van der Waals surface area contributed by atoms with E-state index < -0.39 is 0 Å². The molecule has 4 nitrogen and oxygen atoms in total. The van der Waals surface area contributed by atoms with E-state index in [9.17, 15) is 9.59 Å². The number of hydrogen-bond acceptors (Lipinski definition) is 4. The van der Waals surface area contributed by atoms with Crippen molar-refractivity contribution in [1.29, 1.82) is 0 Å². The van der Waals surface area contributed by atoms with E-state index in [-0.39, 0.29) is 23.5 Å². The van der Waals surface area contributed by atoms with Crippen LogP contribution in [0.2, 0.25) is 0 Å². The van der Waals surface area contributed by atoms with Crippen molar-refractivity contribution < 1.29 is 19.1 Å². The second-order valence-electron chi connectivity index (χ2n) is 20.9. The predicted octanol–water partition coefficient (Wildman–Crippen LogP) is 16.2. The highest BCUT2D eigenvalue weighted by atomic mass is 16.5. The molecule has 4 aliphatic rings. The van der Waals surface area contributed by atoms with E-state index in [1.807, 2.05) is 24.3 Å². The van der Waals surface area contributed by atoms with Gasteiger partial charge < -0.3 is 9.47 Å². The third-order valence-corrected chi connectivity index (χ3v) is 16.5. The van der Waals surface area contributed by atoms with Crippen LogP contribution in [0, 0.1) is 52.3 Å². The smallest absolute Gasteiger partial charge is 0.331 e. The molecule has 0 radical (unpaired) electrons. The van der Waals surface area contributed by atoms with Gasteiger partial charge in [0.05, 0.1) is 0 Å². The average Bonchev–Trinajstić information content (AvgIpc) is 3.59. The number of rotatable bonds is 25. The molecule has 60 heavy (non-hydrogen) atoms. The van der Waals surface area contributed by atoms with Crippen LogP contribution in [-0.2, 0) is 14.3 Å². The first-order valence-corrected chi connectivity index (χ1v) is 25.6. The average molecular weight is 825 g/mol. The van der Waals surface area contributed by atoms with Gasteiger partial charge >= 0.3 is 11.9 Å². The first kappa shape index (κ1) is 48.4. The molecule has 0 bridgehead atoms. The minimum Gasteiger partial charge on any atom is -0.459 e. The van der Waals surface area contributed by atoms with Gasteiger partial charge in [0.1, 0.15) is 11.9 Å². The predicted molar refractivity (Wildman–Crippen MR) is 253 cm³/mol. The van der Waals surface area contributed by atoms with Gasteiger partial charge in [0.15, 0.2) is 0 Å². The largest absolute Gasteiger partial charge is 0.459 e. The summed E-state index contributed by atoms with van der Waals surface area (Å²) in [6.07, 6.45) is 42.0. The van der Waals surface area contributed by atoms with E-state index >= 15 is 0 Å². The Labute approximate surface area is 368 Å². The van der Waals surface area contributed by atoms with Crippen LogP contribution in [0.25, 0.3) is 6.08 Å². The zero-order chi connectivity index (χ0) is 43.0. The summed E-state index contributed by atoms with van der Waals surface area (Å²) in [5.41, 5.74) is 3.11. The standard InChI is InChI=1S/C56H88O4/c1-8-10-11-12-13-14-15-16-17-18-19-20-21-22-23-24-53(57)59-47-31-26-44(27-32-47)28-36-54(58)60-48-37-39-55(6)46(41-48)30-33-49-51-35-34-50(56(51,7)40-38-52(49)55)43(5)25-29-45(9-2)42(3)4/h25-32,36,42-43,45,48-52H,8-24,33-35,37-41H2,1-7H3/t43-,45-,48+,49+,50-,51+,52+,55+,56-/m1/s1. The minimum atomic E-state index is -0.274. The van der Waals surface area contributed by atoms with Crippen molar-refractivity contribution in [3.63, 3.8) is 0 Å². The van der Waals surface area contributed by atoms with Gasteiger partial charge in [-0.2, -0.15) is 0 Å². The molecule has 0 amide bonds. The molecule has 0 aliphatic heterocycles. The van der Waals surface area contributed by atoms with Crippen molar-refractivity contribution in [3.05, 3.63) is 59.7 Å². The zero-order valence-electron chi connectivity index (χ0n) is 39.6. The highest BCUT2D eigenvalue weighted by Crippen LogP contribution is 2.67. The monoisotopic (exact) mass is 825 g/mol. The lowest BCUT2D eigenvalue weighted by molar-refractivity contribution is -0.145. The van der Waals surface area contributed by atoms with Crippen LogP contribution in [0.5, 0.6) is 5.75 Å². The Bertz CT molecular complexity index is 1530. The number of hydrogen-bond donors (Lipinski definition) is 0. The summed E-state index contributed by atoms with van der Waals surface area (Å²) in [5.74, 6) is 5.31. The molecule has 0 spiro atoms. The minimum absolute atomic E-state index is 0.0560. The first-order valence-electron chi connectivity index (χ1n) is 25.6. The molecule has 0 N–H and O–H groups in total. The Kier molecular flexibility index (Phi) is 19.6. The fourth-order valence-electron chi connectivity index (χ4n) is 12.8. The molecule has 5 rings (SSSR count). The fourth-order valence-corrected chi connectivity index (χ4v) is 12.8. The Hall–Kier alpha value is -2.62. The molecule has 0 unspecified atom stereocenters. The van der Waals surface area contributed by atoms with Crippen molar-refractivity contribution in [1.82, 2.24) is 0 Å². The van der Waals surface area contributed by atoms with Gasteiger partial charge in [-0.25, -0.2) is 4.79 Å². The number of carbonyl (C=O) groups excluding carboxylic acids is 2. The van der Waals surface area contributed by atoms with Crippen LogP contribution in [0.1, 0.15) is 215 Å². The van der Waals surface area contributed by atoms with E-state index in [2.05, 4.69) is 66.7 Å². The van der Waals surface area contributed by atoms with Gasteiger partial charge in [-0.15, -0.1) is 0 Å². The SMILES string of the molecule is CCCCCCCCCCCCCCCCCC(=O)Oc1ccc(C=CC(=O)O[C@H]2CC[C@@]3(C)C(=CC[C@H]4[C@@H]5CC[C@H]([C@H](C)C=C[C@@H](CC)C(C)C)[C@@]5(C)CC[C@@H]43)C2)cc1. The van der Waals surface area contributed by atoms with Crippen molar-refractivity contribution in [2.24, 2.45) is 52.3 Å². The van der Waals surface area contributed by atoms with Crippen molar-refractivity contribution in [3.8, 4) is 5.75 Å². The first-order chi connectivity index (χ1) is 29.0. The van der Waals surface area contributed by atoms with Crippen molar-refractivity contribution in [2.45, 2.75) is 215 Å². The Balaban J connectivity index is 0.976. The molecule has 4 heteroatoms. The maximum Gasteiger partial charge on any atom is 0.331 e. The number of esters is 2. The molecule has 0 saturated heterocycles. The molecule has 1 aromatic carbocycles. The van der Waals surface area contributed by atoms with E-state index in [4.69, 9.17) is 9.47 Å². The summed E-state index contributed by atoms with van der Waals surface area (Å²) in [4.78, 5) is 25.5. The molecular formula is C56H88O4. The van der Waals surface area contributed by atoms with Gasteiger partial charge in [0.25, 0.3) is 0 Å². The van der Waals surface area contributed by atoms with Crippen LogP contribution in [0.4, 0.5) is 0 Å². The summed E-state index contributed by atoms with van der Waals surface area (Å²) in [6.45, 7) is 17.1. The number of unbranched alkanes of at least 4 members (excludes halogenated alkanes) is 14. The second kappa shape index (κ2) is 24.3.